The Morgan fingerprint density at radius 3 is 2.79 bits per heavy atom. The molecule has 1 heterocycles. The number of hydrogen-bond acceptors (Lipinski definition) is 1. The van der Waals surface area contributed by atoms with Crippen LogP contribution in [0.3, 0.4) is 0 Å². The van der Waals surface area contributed by atoms with Gasteiger partial charge in [0.05, 0.1) is 6.20 Å². The van der Waals surface area contributed by atoms with Gasteiger partial charge in [0.15, 0.2) is 0 Å². The van der Waals surface area contributed by atoms with Crippen LogP contribution in [0.1, 0.15) is 5.56 Å². The van der Waals surface area contributed by atoms with Gasteiger partial charge in [-0.15, -0.1) is 0 Å². The Morgan fingerprint density at radius 2 is 2.21 bits per heavy atom. The number of nitrogens with zero attached hydrogens (tertiary/aromatic N) is 2. The molecule has 0 spiro atoms. The lowest BCUT2D eigenvalue weighted by atomic mass is 10.2. The molecule has 0 atom stereocenters. The first-order valence-corrected chi connectivity index (χ1v) is 5.31. The lowest BCUT2D eigenvalue weighted by Gasteiger charge is -2.05. The van der Waals surface area contributed by atoms with Crippen LogP contribution in [0, 0.1) is 6.92 Å². The van der Waals surface area contributed by atoms with Gasteiger partial charge < -0.3 is 0 Å². The van der Waals surface area contributed by atoms with Crippen LogP contribution in [0.2, 0.25) is 5.28 Å². The molecule has 0 bridgehead atoms. The highest BCUT2D eigenvalue weighted by Crippen LogP contribution is 2.22. The molecule has 0 saturated carbocycles. The van der Waals surface area contributed by atoms with Gasteiger partial charge in [-0.1, -0.05) is 12.1 Å². The highest BCUT2D eigenvalue weighted by molar-refractivity contribution is 9.10. The topological polar surface area (TPSA) is 17.8 Å². The van der Waals surface area contributed by atoms with Crippen molar-refractivity contribution in [3.05, 3.63) is 45.9 Å². The van der Waals surface area contributed by atoms with Crippen molar-refractivity contribution in [2.45, 2.75) is 6.92 Å². The zero-order chi connectivity index (χ0) is 10.1. The zero-order valence-electron chi connectivity index (χ0n) is 7.54. The summed E-state index contributed by atoms with van der Waals surface area (Å²) < 4.78 is 2.70. The van der Waals surface area contributed by atoms with E-state index >= 15 is 0 Å². The summed E-state index contributed by atoms with van der Waals surface area (Å²) in [5.41, 5.74) is 2.21. The standard InChI is InChI=1S/C10H8BrClN2/c1-7-3-2-4-8(5-7)14-9(11)6-13-10(14)12/h2-6H,1H3. The molecule has 14 heavy (non-hydrogen) atoms. The van der Waals surface area contributed by atoms with Crippen LogP contribution in [0.4, 0.5) is 0 Å². The highest BCUT2D eigenvalue weighted by atomic mass is 79.9. The summed E-state index contributed by atoms with van der Waals surface area (Å²) in [6, 6.07) is 8.08. The number of hydrogen-bond donors (Lipinski definition) is 0. The normalized spacial score (nSPS) is 10.5. The third kappa shape index (κ3) is 1.70. The predicted octanol–water partition coefficient (Wildman–Crippen LogP) is 3.60. The van der Waals surface area contributed by atoms with Crippen molar-refractivity contribution >= 4 is 27.5 Å². The minimum absolute atomic E-state index is 0.461. The molecule has 0 aliphatic carbocycles. The molecule has 0 fully saturated rings. The van der Waals surface area contributed by atoms with Crippen molar-refractivity contribution in [3.8, 4) is 5.69 Å². The van der Waals surface area contributed by atoms with Crippen LogP contribution >= 0.6 is 27.5 Å². The van der Waals surface area contributed by atoms with Gasteiger partial charge in [-0.25, -0.2) is 4.98 Å². The molecule has 0 unspecified atom stereocenters. The van der Waals surface area contributed by atoms with Crippen LogP contribution in [-0.2, 0) is 0 Å². The summed E-state index contributed by atoms with van der Waals surface area (Å²) in [6.07, 6.45) is 1.69. The second kappa shape index (κ2) is 3.75. The maximum atomic E-state index is 5.95. The van der Waals surface area contributed by atoms with E-state index in [4.69, 9.17) is 11.6 Å². The van der Waals surface area contributed by atoms with Crippen molar-refractivity contribution in [1.29, 1.82) is 0 Å². The molecule has 0 radical (unpaired) electrons. The summed E-state index contributed by atoms with van der Waals surface area (Å²) in [6.45, 7) is 2.04. The van der Waals surface area contributed by atoms with Crippen molar-refractivity contribution in [1.82, 2.24) is 9.55 Å². The second-order valence-electron chi connectivity index (χ2n) is 3.02. The first kappa shape index (κ1) is 9.74. The molecule has 0 aliphatic heterocycles. The first-order valence-electron chi connectivity index (χ1n) is 4.14. The van der Waals surface area contributed by atoms with Gasteiger partial charge in [0, 0.05) is 5.69 Å². The van der Waals surface area contributed by atoms with Gasteiger partial charge >= 0.3 is 0 Å². The Labute approximate surface area is 95.7 Å². The number of halogens is 2. The fourth-order valence-corrected chi connectivity index (χ4v) is 2.12. The Morgan fingerprint density at radius 1 is 1.43 bits per heavy atom. The van der Waals surface area contributed by atoms with E-state index in [1.807, 2.05) is 29.7 Å². The molecular formula is C10H8BrClN2. The number of rotatable bonds is 1. The number of aryl methyl sites for hydroxylation is 1. The molecule has 2 nitrogen and oxygen atoms in total. The minimum Gasteiger partial charge on any atom is -0.277 e. The Kier molecular flexibility index (Phi) is 2.61. The van der Waals surface area contributed by atoms with Gasteiger partial charge in [0.25, 0.3) is 0 Å². The SMILES string of the molecule is Cc1cccc(-n2c(Br)cnc2Cl)c1. The molecule has 0 saturated heterocycles. The highest BCUT2D eigenvalue weighted by Gasteiger charge is 2.07. The number of imidazole rings is 1. The van der Waals surface area contributed by atoms with Gasteiger partial charge in [0.1, 0.15) is 4.60 Å². The molecule has 72 valence electrons. The van der Waals surface area contributed by atoms with Gasteiger partial charge in [-0.05, 0) is 52.2 Å². The van der Waals surface area contributed by atoms with E-state index in [1.54, 1.807) is 6.20 Å². The fraction of sp³-hybridized carbons (Fsp3) is 0.100. The maximum absolute atomic E-state index is 5.95. The van der Waals surface area contributed by atoms with Gasteiger partial charge in [-0.2, -0.15) is 0 Å². The zero-order valence-corrected chi connectivity index (χ0v) is 9.88. The molecule has 1 aromatic carbocycles. The summed E-state index contributed by atoms with van der Waals surface area (Å²) in [5, 5.41) is 0.461. The van der Waals surface area contributed by atoms with Crippen LogP contribution in [0.15, 0.2) is 35.1 Å². The summed E-state index contributed by atoms with van der Waals surface area (Å²) in [7, 11) is 0. The number of aromatic nitrogens is 2. The van der Waals surface area contributed by atoms with Crippen molar-refractivity contribution in [2.24, 2.45) is 0 Å². The Bertz CT molecular complexity index is 445. The Balaban J connectivity index is 2.59. The number of benzene rings is 1. The molecule has 0 aliphatic rings. The smallest absolute Gasteiger partial charge is 0.208 e. The van der Waals surface area contributed by atoms with Crippen molar-refractivity contribution in [2.75, 3.05) is 0 Å². The van der Waals surface area contributed by atoms with Gasteiger partial charge in [0.2, 0.25) is 5.28 Å². The molecule has 0 amide bonds. The average Bonchev–Trinajstić information content (AvgIpc) is 2.46. The van der Waals surface area contributed by atoms with E-state index in [2.05, 4.69) is 27.0 Å². The lowest BCUT2D eigenvalue weighted by Crippen LogP contribution is -1.94. The van der Waals surface area contributed by atoms with Crippen LogP contribution in [-0.4, -0.2) is 9.55 Å². The fourth-order valence-electron chi connectivity index (χ4n) is 1.31. The molecule has 4 heteroatoms. The van der Waals surface area contributed by atoms with E-state index in [9.17, 15) is 0 Å². The lowest BCUT2D eigenvalue weighted by molar-refractivity contribution is 1.03. The molecule has 0 N–H and O–H groups in total. The largest absolute Gasteiger partial charge is 0.277 e. The van der Waals surface area contributed by atoms with E-state index in [0.29, 0.717) is 5.28 Å². The quantitative estimate of drug-likeness (QED) is 0.775. The second-order valence-corrected chi connectivity index (χ2v) is 4.17. The Hall–Kier alpha value is -0.800. The summed E-state index contributed by atoms with van der Waals surface area (Å²) in [4.78, 5) is 4.00. The van der Waals surface area contributed by atoms with Crippen LogP contribution in [0.5, 0.6) is 0 Å². The van der Waals surface area contributed by atoms with Crippen molar-refractivity contribution in [3.63, 3.8) is 0 Å². The summed E-state index contributed by atoms with van der Waals surface area (Å²) >= 11 is 9.35. The maximum Gasteiger partial charge on any atom is 0.208 e. The van der Waals surface area contributed by atoms with E-state index in [-0.39, 0.29) is 0 Å². The summed E-state index contributed by atoms with van der Waals surface area (Å²) in [5.74, 6) is 0. The van der Waals surface area contributed by atoms with Gasteiger partial charge in [-0.3, -0.25) is 4.57 Å². The minimum atomic E-state index is 0.461. The average molecular weight is 272 g/mol. The predicted molar refractivity (Wildman–Crippen MR) is 61.0 cm³/mol. The molecule has 2 aromatic rings. The molecule has 2 rings (SSSR count). The van der Waals surface area contributed by atoms with Crippen LogP contribution in [0.25, 0.3) is 5.69 Å². The third-order valence-corrected chi connectivity index (χ3v) is 2.76. The molecule has 1 aromatic heterocycles. The molecular weight excluding hydrogens is 263 g/mol. The van der Waals surface area contributed by atoms with E-state index < -0.39 is 0 Å². The van der Waals surface area contributed by atoms with E-state index in [0.717, 1.165) is 10.3 Å². The first-order chi connectivity index (χ1) is 6.68. The van der Waals surface area contributed by atoms with E-state index in [1.165, 1.54) is 5.56 Å². The third-order valence-electron chi connectivity index (χ3n) is 1.94. The van der Waals surface area contributed by atoms with Crippen molar-refractivity contribution < 1.29 is 0 Å². The monoisotopic (exact) mass is 270 g/mol. The van der Waals surface area contributed by atoms with Crippen LogP contribution < -0.4 is 0 Å².